The first kappa shape index (κ1) is 28.4. The number of rotatable bonds is 12. The van der Waals surface area contributed by atoms with E-state index in [0.717, 1.165) is 0 Å². The molecule has 0 radical (unpaired) electrons. The normalized spacial score (nSPS) is 15.1. The molecule has 0 aliphatic carbocycles. The predicted octanol–water partition coefficient (Wildman–Crippen LogP) is 2.77. The van der Waals surface area contributed by atoms with Crippen molar-refractivity contribution in [1.29, 1.82) is 0 Å². The molecule has 192 valence electrons. The fourth-order valence-electron chi connectivity index (χ4n) is 3.05. The SMILES string of the molecule is C=S(=O)(OC(C)C)N(C)c1ncc(/C=C/[C@@H](O)C[C@@H](O)CC(=O)OCC)c(-c2ccc(F)cc2)n1. The van der Waals surface area contributed by atoms with Crippen molar-refractivity contribution in [2.75, 3.05) is 18.0 Å². The van der Waals surface area contributed by atoms with E-state index in [-0.39, 0.29) is 31.5 Å². The average molecular weight is 510 g/mol. The second kappa shape index (κ2) is 12.7. The van der Waals surface area contributed by atoms with Gasteiger partial charge in [0.2, 0.25) is 5.95 Å². The molecule has 2 rings (SSSR count). The molecule has 1 aromatic heterocycles. The summed E-state index contributed by atoms with van der Waals surface area (Å²) in [6.07, 6.45) is 1.63. The van der Waals surface area contributed by atoms with Gasteiger partial charge in [0.25, 0.3) is 0 Å². The van der Waals surface area contributed by atoms with Crippen LogP contribution in [-0.4, -0.2) is 68.2 Å². The summed E-state index contributed by atoms with van der Waals surface area (Å²) in [5, 5.41) is 20.3. The Bertz CT molecular complexity index is 1120. The van der Waals surface area contributed by atoms with Crippen LogP contribution in [0.2, 0.25) is 0 Å². The van der Waals surface area contributed by atoms with E-state index in [9.17, 15) is 23.6 Å². The second-order valence-electron chi connectivity index (χ2n) is 8.03. The lowest BCUT2D eigenvalue weighted by atomic mass is 10.0. The number of aliphatic hydroxyl groups excluding tert-OH is 2. The number of halogens is 1. The summed E-state index contributed by atoms with van der Waals surface area (Å²) in [5.41, 5.74) is 1.42. The van der Waals surface area contributed by atoms with E-state index in [2.05, 4.69) is 15.8 Å². The Morgan fingerprint density at radius 2 is 1.94 bits per heavy atom. The number of anilines is 1. The minimum atomic E-state index is -3.16. The van der Waals surface area contributed by atoms with Crippen molar-refractivity contribution in [3.05, 3.63) is 47.9 Å². The smallest absolute Gasteiger partial charge is 0.308 e. The van der Waals surface area contributed by atoms with E-state index in [4.69, 9.17) is 8.92 Å². The summed E-state index contributed by atoms with van der Waals surface area (Å²) in [6, 6.07) is 5.62. The van der Waals surface area contributed by atoms with Gasteiger partial charge in [0.1, 0.15) is 5.82 Å². The molecule has 1 heterocycles. The number of benzene rings is 1. The van der Waals surface area contributed by atoms with Gasteiger partial charge in [-0.25, -0.2) is 22.9 Å². The van der Waals surface area contributed by atoms with E-state index in [1.807, 2.05) is 0 Å². The zero-order chi connectivity index (χ0) is 26.2. The van der Waals surface area contributed by atoms with Gasteiger partial charge in [-0.05, 0) is 45.0 Å². The molecule has 0 aliphatic heterocycles. The molecule has 0 amide bonds. The highest BCUT2D eigenvalue weighted by Gasteiger charge is 2.20. The van der Waals surface area contributed by atoms with Crippen LogP contribution in [0.25, 0.3) is 17.3 Å². The largest absolute Gasteiger partial charge is 0.466 e. The molecule has 3 atom stereocenters. The van der Waals surface area contributed by atoms with Crippen molar-refractivity contribution >= 4 is 33.9 Å². The van der Waals surface area contributed by atoms with Crippen LogP contribution in [0.15, 0.2) is 36.5 Å². The number of carbonyl (C=O) groups is 1. The van der Waals surface area contributed by atoms with Gasteiger partial charge < -0.3 is 14.9 Å². The lowest BCUT2D eigenvalue weighted by Crippen LogP contribution is -2.31. The molecule has 0 saturated carbocycles. The summed E-state index contributed by atoms with van der Waals surface area (Å²) >= 11 is 0. The highest BCUT2D eigenvalue weighted by molar-refractivity contribution is 7.97. The van der Waals surface area contributed by atoms with Gasteiger partial charge in [0.15, 0.2) is 9.99 Å². The fourth-order valence-corrected chi connectivity index (χ4v) is 4.12. The number of carbonyl (C=O) groups excluding carboxylic acids is 1. The molecule has 9 nitrogen and oxygen atoms in total. The molecule has 0 fully saturated rings. The molecule has 0 aliphatic rings. The molecular weight excluding hydrogens is 477 g/mol. The van der Waals surface area contributed by atoms with Gasteiger partial charge >= 0.3 is 5.97 Å². The minimum absolute atomic E-state index is 0.0764. The number of esters is 1. The average Bonchev–Trinajstić information content (AvgIpc) is 2.76. The Balaban J connectivity index is 2.33. The van der Waals surface area contributed by atoms with E-state index in [0.29, 0.717) is 16.8 Å². The molecule has 35 heavy (non-hydrogen) atoms. The maximum absolute atomic E-state index is 13.5. The predicted molar refractivity (Wildman–Crippen MR) is 134 cm³/mol. The van der Waals surface area contributed by atoms with Crippen LogP contribution in [0.5, 0.6) is 0 Å². The number of hydrogen-bond donors (Lipinski definition) is 2. The van der Waals surface area contributed by atoms with Crippen LogP contribution < -0.4 is 4.31 Å². The van der Waals surface area contributed by atoms with Gasteiger partial charge in [-0.3, -0.25) is 8.98 Å². The molecule has 2 N–H and O–H groups in total. The van der Waals surface area contributed by atoms with Crippen LogP contribution in [0.3, 0.4) is 0 Å². The Morgan fingerprint density at radius 1 is 1.29 bits per heavy atom. The van der Waals surface area contributed by atoms with Crippen molar-refractivity contribution < 1.29 is 32.5 Å². The molecule has 0 bridgehead atoms. The molecule has 11 heteroatoms. The quantitative estimate of drug-likeness (QED) is 0.331. The number of nitrogens with zero attached hydrogens (tertiary/aromatic N) is 3. The Labute approximate surface area is 205 Å². The molecule has 0 saturated heterocycles. The third-order valence-corrected chi connectivity index (χ3v) is 6.37. The Kier molecular flexibility index (Phi) is 10.3. The summed E-state index contributed by atoms with van der Waals surface area (Å²) in [4.78, 5) is 20.2. The summed E-state index contributed by atoms with van der Waals surface area (Å²) in [5.74, 6) is 2.75. The first-order valence-electron chi connectivity index (χ1n) is 11.0. The summed E-state index contributed by atoms with van der Waals surface area (Å²) in [7, 11) is -1.67. The standard InChI is InChI=1S/C24H32FN3O6S/c1-6-33-22(31)14-21(30)13-20(29)12-9-18-15-26-24(28(4)35(5,32)34-16(2)3)27-23(18)17-7-10-19(25)11-8-17/h7-12,15-16,20-21,29-30H,5-6,13-14H2,1-4H3/b12-9+/t20-,21-,35?/m1/s1. The molecule has 1 unspecified atom stereocenters. The zero-order valence-corrected chi connectivity index (χ0v) is 21.1. The fraction of sp³-hybridized carbons (Fsp3) is 0.417. The summed E-state index contributed by atoms with van der Waals surface area (Å²) < 4.78 is 37.8. The highest BCUT2D eigenvalue weighted by Crippen LogP contribution is 2.26. The first-order valence-corrected chi connectivity index (χ1v) is 12.7. The highest BCUT2D eigenvalue weighted by atomic mass is 32.2. The lowest BCUT2D eigenvalue weighted by Gasteiger charge is -2.23. The Morgan fingerprint density at radius 3 is 2.54 bits per heavy atom. The van der Waals surface area contributed by atoms with Crippen LogP contribution in [-0.2, 0) is 23.7 Å². The Hall–Kier alpha value is -2.86. The number of ether oxygens (including phenoxy) is 1. The van der Waals surface area contributed by atoms with Crippen LogP contribution in [0, 0.1) is 5.82 Å². The van der Waals surface area contributed by atoms with Crippen LogP contribution in [0.4, 0.5) is 10.3 Å². The van der Waals surface area contributed by atoms with Crippen molar-refractivity contribution in [3.8, 4) is 11.3 Å². The number of aromatic nitrogens is 2. The molecule has 0 spiro atoms. The van der Waals surface area contributed by atoms with E-state index in [1.165, 1.54) is 47.9 Å². The van der Waals surface area contributed by atoms with Crippen molar-refractivity contribution in [2.45, 2.75) is 51.9 Å². The second-order valence-corrected chi connectivity index (χ2v) is 9.93. The van der Waals surface area contributed by atoms with Crippen LogP contribution in [0.1, 0.15) is 39.2 Å². The van der Waals surface area contributed by atoms with Gasteiger partial charge in [-0.2, -0.15) is 0 Å². The van der Waals surface area contributed by atoms with Crippen LogP contribution >= 0.6 is 0 Å². The first-order chi connectivity index (χ1) is 16.4. The maximum atomic E-state index is 13.5. The minimum Gasteiger partial charge on any atom is -0.466 e. The van der Waals surface area contributed by atoms with E-state index in [1.54, 1.807) is 26.8 Å². The monoisotopic (exact) mass is 509 g/mol. The van der Waals surface area contributed by atoms with Crippen molar-refractivity contribution in [3.63, 3.8) is 0 Å². The third kappa shape index (κ3) is 8.70. The lowest BCUT2D eigenvalue weighted by molar-refractivity contribution is -0.145. The van der Waals surface area contributed by atoms with E-state index >= 15 is 0 Å². The topological polar surface area (TPSA) is 122 Å². The zero-order valence-electron chi connectivity index (χ0n) is 20.3. The van der Waals surface area contributed by atoms with Crippen molar-refractivity contribution in [1.82, 2.24) is 9.97 Å². The van der Waals surface area contributed by atoms with Gasteiger partial charge in [-0.15, -0.1) is 0 Å². The third-order valence-electron chi connectivity index (χ3n) is 4.68. The van der Waals surface area contributed by atoms with Gasteiger partial charge in [-0.1, -0.05) is 12.2 Å². The molecule has 1 aromatic carbocycles. The van der Waals surface area contributed by atoms with E-state index < -0.39 is 34.0 Å². The summed E-state index contributed by atoms with van der Waals surface area (Å²) in [6.45, 7) is 5.33. The molecule has 2 aromatic rings. The van der Waals surface area contributed by atoms with Gasteiger partial charge in [0, 0.05) is 36.7 Å². The number of hydrogen-bond acceptors (Lipinski definition) is 8. The molecular formula is C24H32FN3O6S. The number of aliphatic hydroxyl groups is 2. The van der Waals surface area contributed by atoms with Gasteiger partial charge in [0.05, 0.1) is 37.0 Å². The maximum Gasteiger partial charge on any atom is 0.308 e. The van der Waals surface area contributed by atoms with Crippen molar-refractivity contribution in [2.24, 2.45) is 0 Å².